The number of fused-ring (bicyclic) bond motifs is 1. The van der Waals surface area contributed by atoms with E-state index in [0.717, 1.165) is 11.1 Å². The Labute approximate surface area is 187 Å². The van der Waals surface area contributed by atoms with Gasteiger partial charge in [0, 0.05) is 12.6 Å². The van der Waals surface area contributed by atoms with Crippen LogP contribution in [-0.2, 0) is 27.8 Å². The number of rotatable bonds is 8. The lowest BCUT2D eigenvalue weighted by Crippen LogP contribution is -2.47. The van der Waals surface area contributed by atoms with Crippen LogP contribution in [0.15, 0.2) is 83.8 Å². The van der Waals surface area contributed by atoms with Crippen LogP contribution in [0.1, 0.15) is 11.1 Å². The lowest BCUT2D eigenvalue weighted by atomic mass is 10.1. The van der Waals surface area contributed by atoms with Crippen LogP contribution < -0.4 is 19.5 Å². The number of amides is 1. The molecule has 32 heavy (non-hydrogen) atoms. The molecule has 4 rings (SSSR count). The topological polar surface area (TPSA) is 93.7 Å². The smallest absolute Gasteiger partial charge is 0.241 e. The highest BCUT2D eigenvalue weighted by molar-refractivity contribution is 7.89. The van der Waals surface area contributed by atoms with E-state index in [4.69, 9.17) is 9.47 Å². The highest BCUT2D eigenvalue weighted by Crippen LogP contribution is 2.32. The molecule has 0 unspecified atom stereocenters. The maximum Gasteiger partial charge on any atom is 0.241 e. The van der Waals surface area contributed by atoms with Gasteiger partial charge in [-0.1, -0.05) is 60.7 Å². The molecule has 1 atom stereocenters. The van der Waals surface area contributed by atoms with E-state index in [0.29, 0.717) is 31.3 Å². The molecule has 1 heterocycles. The van der Waals surface area contributed by atoms with Crippen LogP contribution in [-0.4, -0.2) is 33.6 Å². The molecule has 0 fully saturated rings. The van der Waals surface area contributed by atoms with Crippen molar-refractivity contribution >= 4 is 15.9 Å². The Bertz CT molecular complexity index is 1170. The Morgan fingerprint density at radius 2 is 1.47 bits per heavy atom. The van der Waals surface area contributed by atoms with Crippen LogP contribution in [0.3, 0.4) is 0 Å². The van der Waals surface area contributed by atoms with E-state index in [1.165, 1.54) is 12.1 Å². The SMILES string of the molecule is O=C(NCc1ccccc1)[C@@H](Cc1ccccc1)NS(=O)(=O)c1ccc2c(c1)OCCO2. The van der Waals surface area contributed by atoms with Crippen LogP contribution >= 0.6 is 0 Å². The maximum absolute atomic E-state index is 13.1. The van der Waals surface area contributed by atoms with Gasteiger partial charge in [-0.05, 0) is 29.7 Å². The number of hydrogen-bond acceptors (Lipinski definition) is 5. The Morgan fingerprint density at radius 3 is 2.16 bits per heavy atom. The molecule has 0 spiro atoms. The minimum absolute atomic E-state index is 0.00988. The standard InChI is InChI=1S/C24H24N2O5S/c27-24(25-17-19-9-5-2-6-10-19)21(15-18-7-3-1-4-8-18)26-32(28,29)20-11-12-22-23(16-20)31-14-13-30-22/h1-12,16,21,26H,13-15,17H2,(H,25,27)/t21-/m1/s1. The Morgan fingerprint density at radius 1 is 0.844 bits per heavy atom. The summed E-state index contributed by atoms with van der Waals surface area (Å²) in [5.74, 6) is 0.461. The van der Waals surface area contributed by atoms with Gasteiger partial charge in [-0.15, -0.1) is 0 Å². The third kappa shape index (κ3) is 5.46. The van der Waals surface area contributed by atoms with Gasteiger partial charge in [0.15, 0.2) is 11.5 Å². The Balaban J connectivity index is 1.54. The molecule has 166 valence electrons. The van der Waals surface area contributed by atoms with Crippen molar-refractivity contribution < 1.29 is 22.7 Å². The zero-order valence-corrected chi connectivity index (χ0v) is 18.2. The van der Waals surface area contributed by atoms with Crippen molar-refractivity contribution in [2.24, 2.45) is 0 Å². The largest absolute Gasteiger partial charge is 0.486 e. The summed E-state index contributed by atoms with van der Waals surface area (Å²) in [6, 6.07) is 22.2. The van der Waals surface area contributed by atoms with Gasteiger partial charge in [0.2, 0.25) is 15.9 Å². The van der Waals surface area contributed by atoms with Gasteiger partial charge in [0.1, 0.15) is 19.3 Å². The second kappa shape index (κ2) is 9.84. The van der Waals surface area contributed by atoms with Gasteiger partial charge in [0.25, 0.3) is 0 Å². The fourth-order valence-electron chi connectivity index (χ4n) is 3.39. The highest BCUT2D eigenvalue weighted by Gasteiger charge is 2.27. The summed E-state index contributed by atoms with van der Waals surface area (Å²) in [4.78, 5) is 13.0. The molecule has 0 radical (unpaired) electrons. The first-order valence-electron chi connectivity index (χ1n) is 10.3. The quantitative estimate of drug-likeness (QED) is 0.548. The molecule has 7 nitrogen and oxygen atoms in total. The molecule has 2 N–H and O–H groups in total. The third-order valence-electron chi connectivity index (χ3n) is 5.03. The summed E-state index contributed by atoms with van der Waals surface area (Å²) in [5, 5.41) is 2.83. The molecule has 0 aliphatic carbocycles. The number of carbonyl (C=O) groups is 1. The van der Waals surface area contributed by atoms with Crippen molar-refractivity contribution in [2.45, 2.75) is 23.9 Å². The van der Waals surface area contributed by atoms with Crippen molar-refractivity contribution in [3.05, 3.63) is 90.0 Å². The molecule has 0 saturated heterocycles. The normalized spacial score (nSPS) is 13.9. The number of ether oxygens (including phenoxy) is 2. The Hall–Kier alpha value is -3.36. The first-order chi connectivity index (χ1) is 15.5. The summed E-state index contributed by atoms with van der Waals surface area (Å²) in [7, 11) is -3.99. The van der Waals surface area contributed by atoms with Crippen molar-refractivity contribution in [3.63, 3.8) is 0 Å². The molecule has 1 amide bonds. The van der Waals surface area contributed by atoms with Gasteiger partial charge >= 0.3 is 0 Å². The average molecular weight is 453 g/mol. The van der Waals surface area contributed by atoms with Crippen molar-refractivity contribution in [1.29, 1.82) is 0 Å². The van der Waals surface area contributed by atoms with Crippen molar-refractivity contribution in [2.75, 3.05) is 13.2 Å². The molecule has 3 aromatic carbocycles. The van der Waals surface area contributed by atoms with Gasteiger partial charge in [-0.3, -0.25) is 4.79 Å². The maximum atomic E-state index is 13.1. The van der Waals surface area contributed by atoms with Gasteiger partial charge in [-0.2, -0.15) is 4.72 Å². The molecule has 3 aromatic rings. The summed E-state index contributed by atoms with van der Waals surface area (Å²) in [6.07, 6.45) is 0.214. The van der Waals surface area contributed by atoms with Crippen molar-refractivity contribution in [1.82, 2.24) is 10.0 Å². The van der Waals surface area contributed by atoms with Crippen LogP contribution in [0, 0.1) is 0 Å². The number of sulfonamides is 1. The van der Waals surface area contributed by atoms with Crippen LogP contribution in [0.25, 0.3) is 0 Å². The van der Waals surface area contributed by atoms with E-state index < -0.39 is 22.0 Å². The second-order valence-electron chi connectivity index (χ2n) is 7.37. The first kappa shape index (κ1) is 21.9. The predicted octanol–water partition coefficient (Wildman–Crippen LogP) is 2.66. The van der Waals surface area contributed by atoms with Crippen LogP contribution in [0.5, 0.6) is 11.5 Å². The first-order valence-corrected chi connectivity index (χ1v) is 11.8. The molecule has 0 saturated carbocycles. The number of carbonyl (C=O) groups excluding carboxylic acids is 1. The highest BCUT2D eigenvalue weighted by atomic mass is 32.2. The molecule has 8 heteroatoms. The molecule has 1 aliphatic heterocycles. The molecular formula is C24H24N2O5S. The monoisotopic (exact) mass is 452 g/mol. The van der Waals surface area contributed by atoms with E-state index in [9.17, 15) is 13.2 Å². The predicted molar refractivity (Wildman–Crippen MR) is 120 cm³/mol. The van der Waals surface area contributed by atoms with Gasteiger partial charge in [-0.25, -0.2) is 8.42 Å². The summed E-state index contributed by atoms with van der Waals surface area (Å²) < 4.78 is 39.7. The summed E-state index contributed by atoms with van der Waals surface area (Å²) in [5.41, 5.74) is 1.77. The van der Waals surface area contributed by atoms with Gasteiger partial charge < -0.3 is 14.8 Å². The van der Waals surface area contributed by atoms with Gasteiger partial charge in [0.05, 0.1) is 4.90 Å². The third-order valence-corrected chi connectivity index (χ3v) is 6.50. The Kier molecular flexibility index (Phi) is 6.72. The summed E-state index contributed by atoms with van der Waals surface area (Å²) in [6.45, 7) is 1.07. The zero-order valence-electron chi connectivity index (χ0n) is 17.4. The molecular weight excluding hydrogens is 428 g/mol. The average Bonchev–Trinajstić information content (AvgIpc) is 2.83. The van der Waals surface area contributed by atoms with E-state index in [-0.39, 0.29) is 11.3 Å². The minimum Gasteiger partial charge on any atom is -0.486 e. The zero-order chi connectivity index (χ0) is 22.4. The van der Waals surface area contributed by atoms with E-state index in [1.807, 2.05) is 60.7 Å². The lowest BCUT2D eigenvalue weighted by molar-refractivity contribution is -0.122. The minimum atomic E-state index is -3.99. The second-order valence-corrected chi connectivity index (χ2v) is 9.09. The van der Waals surface area contributed by atoms with Crippen molar-refractivity contribution in [3.8, 4) is 11.5 Å². The molecule has 0 bridgehead atoms. The molecule has 1 aliphatic rings. The van der Waals surface area contributed by atoms with Crippen LogP contribution in [0.2, 0.25) is 0 Å². The fourth-order valence-corrected chi connectivity index (χ4v) is 4.60. The number of nitrogens with one attached hydrogen (secondary N) is 2. The lowest BCUT2D eigenvalue weighted by Gasteiger charge is -2.21. The van der Waals surface area contributed by atoms with E-state index >= 15 is 0 Å². The van der Waals surface area contributed by atoms with E-state index in [2.05, 4.69) is 10.0 Å². The van der Waals surface area contributed by atoms with E-state index in [1.54, 1.807) is 6.07 Å². The number of benzene rings is 3. The van der Waals surface area contributed by atoms with Crippen LogP contribution in [0.4, 0.5) is 0 Å². The fraction of sp³-hybridized carbons (Fsp3) is 0.208. The summed E-state index contributed by atoms with van der Waals surface area (Å²) >= 11 is 0. The molecule has 0 aromatic heterocycles. The number of hydrogen-bond donors (Lipinski definition) is 2.